The van der Waals surface area contributed by atoms with Gasteiger partial charge >= 0.3 is 5.69 Å². The highest BCUT2D eigenvalue weighted by Gasteiger charge is 2.22. The van der Waals surface area contributed by atoms with Crippen molar-refractivity contribution in [2.24, 2.45) is 14.1 Å². The second-order valence-electron chi connectivity index (χ2n) is 9.33. The lowest BCUT2D eigenvalue weighted by Gasteiger charge is -2.37. The highest BCUT2D eigenvalue weighted by molar-refractivity contribution is 5.77. The predicted octanol–water partition coefficient (Wildman–Crippen LogP) is 1.37. The average Bonchev–Trinajstić information content (AvgIpc) is 3.30. The van der Waals surface area contributed by atoms with Crippen LogP contribution in [0.25, 0.3) is 11.2 Å². The van der Waals surface area contributed by atoms with Crippen molar-refractivity contribution in [1.29, 1.82) is 0 Å². The molecule has 1 atom stereocenters. The van der Waals surface area contributed by atoms with E-state index in [1.165, 1.54) is 30.1 Å². The molecular formula is C25H34FN7O3. The first-order valence-corrected chi connectivity index (χ1v) is 12.4. The number of hydrogen-bond donors (Lipinski definition) is 1. The summed E-state index contributed by atoms with van der Waals surface area (Å²) >= 11 is 0. The van der Waals surface area contributed by atoms with E-state index in [0.717, 1.165) is 48.5 Å². The Bertz CT molecular complexity index is 1370. The normalized spacial score (nSPS) is 15.4. The standard InChI is InChI=1S/C25H34FN7O3/c1-5-31-11-13-32(14-12-31)20-9-8-18(26)15-19(20)17(2)28-21(34)7-6-10-33-16-27-23-22(33)24(35)30(4)25(36)29(23)3/h8-9,15-17H,5-7,10-14H2,1-4H3,(H,28,34). The molecule has 1 N–H and O–H groups in total. The van der Waals surface area contributed by atoms with E-state index in [2.05, 4.69) is 27.0 Å². The molecule has 1 aliphatic heterocycles. The molecule has 10 nitrogen and oxygen atoms in total. The smallest absolute Gasteiger partial charge is 0.332 e. The van der Waals surface area contributed by atoms with Gasteiger partial charge < -0.3 is 19.7 Å². The fourth-order valence-corrected chi connectivity index (χ4v) is 4.83. The lowest BCUT2D eigenvalue weighted by molar-refractivity contribution is -0.121. The molecule has 36 heavy (non-hydrogen) atoms. The largest absolute Gasteiger partial charge is 0.369 e. The van der Waals surface area contributed by atoms with E-state index in [-0.39, 0.29) is 24.2 Å². The number of carbonyl (C=O) groups excluding carboxylic acids is 1. The van der Waals surface area contributed by atoms with Gasteiger partial charge in [-0.05, 0) is 38.1 Å². The van der Waals surface area contributed by atoms with Crippen LogP contribution < -0.4 is 21.5 Å². The molecule has 0 aliphatic carbocycles. The van der Waals surface area contributed by atoms with Gasteiger partial charge in [-0.1, -0.05) is 6.92 Å². The topological polar surface area (TPSA) is 97.4 Å². The van der Waals surface area contributed by atoms with Gasteiger partial charge in [0.15, 0.2) is 11.2 Å². The molecule has 194 valence electrons. The van der Waals surface area contributed by atoms with Crippen molar-refractivity contribution in [2.45, 2.75) is 39.3 Å². The third kappa shape index (κ3) is 5.06. The van der Waals surface area contributed by atoms with Gasteiger partial charge in [0.25, 0.3) is 5.56 Å². The van der Waals surface area contributed by atoms with Gasteiger partial charge in [0, 0.05) is 64.5 Å². The molecule has 0 saturated carbocycles. The number of carbonyl (C=O) groups is 1. The van der Waals surface area contributed by atoms with E-state index in [0.29, 0.717) is 24.1 Å². The molecule has 1 fully saturated rings. The first-order valence-electron chi connectivity index (χ1n) is 12.4. The van der Waals surface area contributed by atoms with Gasteiger partial charge in [-0.15, -0.1) is 0 Å². The number of nitrogens with one attached hydrogen (secondary N) is 1. The predicted molar refractivity (Wildman–Crippen MR) is 137 cm³/mol. The molecule has 2 aromatic heterocycles. The van der Waals surface area contributed by atoms with Gasteiger partial charge in [0.05, 0.1) is 12.4 Å². The molecule has 1 aliphatic rings. The van der Waals surface area contributed by atoms with Crippen LogP contribution in [0.4, 0.5) is 10.1 Å². The third-order valence-corrected chi connectivity index (χ3v) is 7.01. The molecule has 1 unspecified atom stereocenters. The Hall–Kier alpha value is -3.47. The van der Waals surface area contributed by atoms with Gasteiger partial charge in [-0.25, -0.2) is 14.2 Å². The fraction of sp³-hybridized carbons (Fsp3) is 0.520. The number of likely N-dealkylation sites (N-methyl/N-ethyl adjacent to an activating group) is 1. The number of benzene rings is 1. The molecule has 0 spiro atoms. The van der Waals surface area contributed by atoms with Gasteiger partial charge in [0.1, 0.15) is 5.82 Å². The van der Waals surface area contributed by atoms with Crippen LogP contribution in [0, 0.1) is 5.82 Å². The summed E-state index contributed by atoms with van der Waals surface area (Å²) in [4.78, 5) is 46.3. The summed E-state index contributed by atoms with van der Waals surface area (Å²) in [7, 11) is 3.00. The quantitative estimate of drug-likeness (QED) is 0.503. The maximum Gasteiger partial charge on any atom is 0.332 e. The van der Waals surface area contributed by atoms with Gasteiger partial charge in [0.2, 0.25) is 5.91 Å². The fourth-order valence-electron chi connectivity index (χ4n) is 4.83. The van der Waals surface area contributed by atoms with E-state index in [1.54, 1.807) is 17.7 Å². The lowest BCUT2D eigenvalue weighted by atomic mass is 10.0. The minimum atomic E-state index is -0.435. The van der Waals surface area contributed by atoms with Crippen LogP contribution in [0.1, 0.15) is 38.3 Å². The Balaban J connectivity index is 1.40. The van der Waals surface area contributed by atoms with Gasteiger partial charge in [-0.3, -0.25) is 18.7 Å². The molecule has 0 radical (unpaired) electrons. The first kappa shape index (κ1) is 25.6. The second-order valence-corrected chi connectivity index (χ2v) is 9.33. The zero-order valence-electron chi connectivity index (χ0n) is 21.3. The number of anilines is 1. The van der Waals surface area contributed by atoms with Crippen LogP contribution in [-0.2, 0) is 25.4 Å². The summed E-state index contributed by atoms with van der Waals surface area (Å²) in [5, 5.41) is 3.00. The minimum absolute atomic E-state index is 0.154. The molecule has 1 saturated heterocycles. The molecule has 1 aromatic carbocycles. The number of amides is 1. The van der Waals surface area contributed by atoms with Crippen molar-refractivity contribution in [1.82, 2.24) is 28.9 Å². The lowest BCUT2D eigenvalue weighted by Crippen LogP contribution is -2.46. The molecule has 4 rings (SSSR count). The van der Waals surface area contributed by atoms with Crippen LogP contribution in [0.2, 0.25) is 0 Å². The maximum atomic E-state index is 14.1. The molecule has 3 heterocycles. The first-order chi connectivity index (χ1) is 17.2. The number of rotatable bonds is 8. The highest BCUT2D eigenvalue weighted by Crippen LogP contribution is 2.28. The van der Waals surface area contributed by atoms with Crippen molar-refractivity contribution in [3.63, 3.8) is 0 Å². The van der Waals surface area contributed by atoms with Crippen LogP contribution >= 0.6 is 0 Å². The molecule has 1 amide bonds. The Morgan fingerprint density at radius 3 is 2.56 bits per heavy atom. The molecule has 0 bridgehead atoms. The van der Waals surface area contributed by atoms with Crippen LogP contribution in [0.3, 0.4) is 0 Å². The van der Waals surface area contributed by atoms with Gasteiger partial charge in [-0.2, -0.15) is 0 Å². The van der Waals surface area contributed by atoms with Crippen LogP contribution in [0.15, 0.2) is 34.1 Å². The van der Waals surface area contributed by atoms with Crippen molar-refractivity contribution in [3.8, 4) is 0 Å². The number of hydrogen-bond acceptors (Lipinski definition) is 6. The van der Waals surface area contributed by atoms with E-state index in [1.807, 2.05) is 6.92 Å². The van der Waals surface area contributed by atoms with Crippen LogP contribution in [-0.4, -0.2) is 62.2 Å². The Morgan fingerprint density at radius 1 is 1.14 bits per heavy atom. The summed E-state index contributed by atoms with van der Waals surface area (Å²) in [6.45, 7) is 9.05. The Morgan fingerprint density at radius 2 is 1.86 bits per heavy atom. The van der Waals surface area contributed by atoms with Crippen molar-refractivity contribution in [2.75, 3.05) is 37.6 Å². The van der Waals surface area contributed by atoms with Crippen molar-refractivity contribution in [3.05, 3.63) is 56.7 Å². The number of aromatic nitrogens is 4. The van der Waals surface area contributed by atoms with Crippen molar-refractivity contribution >= 4 is 22.8 Å². The summed E-state index contributed by atoms with van der Waals surface area (Å²) in [6, 6.07) is 4.41. The molecular weight excluding hydrogens is 465 g/mol. The minimum Gasteiger partial charge on any atom is -0.369 e. The number of aryl methyl sites for hydroxylation is 2. The number of piperazine rings is 1. The SMILES string of the molecule is CCN1CCN(c2ccc(F)cc2C(C)NC(=O)CCCn2cnc3c2c(=O)n(C)c(=O)n3C)CC1. The van der Waals surface area contributed by atoms with E-state index < -0.39 is 11.2 Å². The summed E-state index contributed by atoms with van der Waals surface area (Å²) in [5.74, 6) is -0.483. The van der Waals surface area contributed by atoms with E-state index >= 15 is 0 Å². The number of nitrogens with zero attached hydrogens (tertiary/aromatic N) is 6. The van der Waals surface area contributed by atoms with E-state index in [4.69, 9.17) is 0 Å². The zero-order chi connectivity index (χ0) is 26.0. The number of fused-ring (bicyclic) bond motifs is 1. The Labute approximate surface area is 208 Å². The van der Waals surface area contributed by atoms with Crippen molar-refractivity contribution < 1.29 is 9.18 Å². The second kappa shape index (κ2) is 10.7. The molecule has 11 heteroatoms. The Kier molecular flexibility index (Phi) is 7.58. The maximum absolute atomic E-state index is 14.1. The monoisotopic (exact) mass is 499 g/mol. The third-order valence-electron chi connectivity index (χ3n) is 7.01. The number of halogens is 1. The summed E-state index contributed by atoms with van der Waals surface area (Å²) in [5.41, 5.74) is 1.52. The zero-order valence-corrected chi connectivity index (χ0v) is 21.3. The average molecular weight is 500 g/mol. The van der Waals surface area contributed by atoms with Crippen LogP contribution in [0.5, 0.6) is 0 Å². The van der Waals surface area contributed by atoms with E-state index in [9.17, 15) is 18.8 Å². The summed E-state index contributed by atoms with van der Waals surface area (Å²) in [6.07, 6.45) is 2.23. The summed E-state index contributed by atoms with van der Waals surface area (Å²) < 4.78 is 18.2. The number of imidazole rings is 1. The highest BCUT2D eigenvalue weighted by atomic mass is 19.1. The molecule has 3 aromatic rings.